The molecule has 14 atom stereocenters. The second kappa shape index (κ2) is 17.5. The van der Waals surface area contributed by atoms with E-state index in [2.05, 4.69) is 0 Å². The monoisotopic (exact) mass is 771 g/mol. The van der Waals surface area contributed by atoms with E-state index in [-0.39, 0.29) is 44.0 Å². The average Bonchev–Trinajstić information content (AvgIpc) is 3.46. The predicted molar refractivity (Wildman–Crippen MR) is 201 cm³/mol. The lowest BCUT2D eigenvalue weighted by Gasteiger charge is -2.48. The van der Waals surface area contributed by atoms with Crippen LogP contribution in [-0.4, -0.2) is 115 Å². The van der Waals surface area contributed by atoms with Gasteiger partial charge in [-0.25, -0.2) is 4.79 Å². The summed E-state index contributed by atoms with van der Waals surface area (Å²) in [5.41, 5.74) is -2.06. The molecule has 4 aliphatic rings. The maximum Gasteiger partial charge on any atom is 0.336 e. The van der Waals surface area contributed by atoms with Crippen LogP contribution in [0.25, 0.3) is 0 Å². The molecule has 55 heavy (non-hydrogen) atoms. The van der Waals surface area contributed by atoms with Crippen LogP contribution in [0.3, 0.4) is 0 Å². The molecule has 5 rings (SSSR count). The number of hydrogen-bond donors (Lipinski definition) is 1. The molecule has 2 bridgehead atoms. The first-order valence-electron chi connectivity index (χ1n) is 19.7. The van der Waals surface area contributed by atoms with Gasteiger partial charge in [-0.15, -0.1) is 0 Å². The first-order chi connectivity index (χ1) is 25.9. The van der Waals surface area contributed by atoms with Crippen molar-refractivity contribution in [1.82, 2.24) is 4.90 Å². The van der Waals surface area contributed by atoms with Crippen molar-refractivity contribution in [2.45, 2.75) is 135 Å². The molecule has 4 saturated heterocycles. The number of rotatable bonds is 6. The van der Waals surface area contributed by atoms with Crippen molar-refractivity contribution >= 4 is 23.7 Å². The second-order valence-electron chi connectivity index (χ2n) is 16.8. The number of carbonyl (C=O) groups is 4. The number of aliphatic hydroxyl groups is 1. The fourth-order valence-electron chi connectivity index (χ4n) is 9.26. The molecule has 4 aliphatic heterocycles. The van der Waals surface area contributed by atoms with Crippen molar-refractivity contribution in [2.75, 3.05) is 27.3 Å². The first-order valence-corrected chi connectivity index (χ1v) is 19.7. The highest BCUT2D eigenvalue weighted by molar-refractivity contribution is 5.85. The lowest BCUT2D eigenvalue weighted by Crippen LogP contribution is -2.60. The standard InChI is InChI=1S/C42H61NO12/c1-11-32-42(8)30(19-34(45)55-42)25(4)35(46)23(2)20-41(7)38(54-40-36(47)31(43(9)10)17-24(3)51-40)26(5)37(27(6)39(48)53-32)49-21-28(22-50-41)18-33(44)52-29-15-13-12-14-16-29/h12-16,18,23-27,30-32,36-38,40,47H,11,17,19-22H2,1-10H3/t23-,24-,25-,26+,27-,30+,31+,32-,36-,37+,38-,40+,41-,42+/m1/s1. The zero-order valence-electron chi connectivity index (χ0n) is 34.0. The zero-order valence-corrected chi connectivity index (χ0v) is 34.0. The number of benzene rings is 1. The summed E-state index contributed by atoms with van der Waals surface area (Å²) in [5, 5.41) is 11.6. The van der Waals surface area contributed by atoms with E-state index in [1.54, 1.807) is 45.0 Å². The molecule has 13 nitrogen and oxygen atoms in total. The summed E-state index contributed by atoms with van der Waals surface area (Å²) in [7, 11) is 3.78. The summed E-state index contributed by atoms with van der Waals surface area (Å²) in [6, 6.07) is 8.41. The van der Waals surface area contributed by atoms with Crippen LogP contribution in [0.4, 0.5) is 0 Å². The van der Waals surface area contributed by atoms with Gasteiger partial charge in [-0.1, -0.05) is 45.9 Å². The molecule has 0 aromatic heterocycles. The predicted octanol–water partition coefficient (Wildman–Crippen LogP) is 4.66. The minimum atomic E-state index is -1.27. The van der Waals surface area contributed by atoms with Crippen LogP contribution in [0.5, 0.6) is 5.75 Å². The van der Waals surface area contributed by atoms with E-state index < -0.39 is 89.4 Å². The van der Waals surface area contributed by atoms with Crippen LogP contribution < -0.4 is 4.74 Å². The Kier molecular flexibility index (Phi) is 13.7. The number of carbonyl (C=O) groups excluding carboxylic acids is 4. The van der Waals surface area contributed by atoms with Crippen molar-refractivity contribution in [1.29, 1.82) is 0 Å². The third-order valence-corrected chi connectivity index (χ3v) is 12.3. The summed E-state index contributed by atoms with van der Waals surface area (Å²) in [6.45, 7) is 14.4. The maximum atomic E-state index is 14.5. The average molecular weight is 772 g/mol. The summed E-state index contributed by atoms with van der Waals surface area (Å²) < 4.78 is 44.3. The van der Waals surface area contributed by atoms with Crippen molar-refractivity contribution in [3.8, 4) is 5.75 Å². The Morgan fingerprint density at radius 3 is 2.36 bits per heavy atom. The highest BCUT2D eigenvalue weighted by atomic mass is 16.7. The zero-order chi connectivity index (χ0) is 40.4. The maximum absolute atomic E-state index is 14.5. The van der Waals surface area contributed by atoms with E-state index in [1.165, 1.54) is 6.08 Å². The highest BCUT2D eigenvalue weighted by Crippen LogP contribution is 2.46. The molecular formula is C42H61NO12. The number of aliphatic hydroxyl groups excluding tert-OH is 1. The van der Waals surface area contributed by atoms with Crippen LogP contribution in [0.1, 0.15) is 81.1 Å². The van der Waals surface area contributed by atoms with E-state index in [0.29, 0.717) is 24.2 Å². The number of likely N-dealkylation sites (N-methyl/N-ethyl adjacent to an activating group) is 1. The van der Waals surface area contributed by atoms with E-state index in [9.17, 15) is 24.3 Å². The fraction of sp³-hybridized carbons (Fsp3) is 0.714. The number of ketones is 1. The van der Waals surface area contributed by atoms with Gasteiger partial charge < -0.3 is 43.2 Å². The van der Waals surface area contributed by atoms with Crippen LogP contribution in [0.2, 0.25) is 0 Å². The summed E-state index contributed by atoms with van der Waals surface area (Å²) in [5.74, 6) is -4.71. The molecule has 13 heteroatoms. The smallest absolute Gasteiger partial charge is 0.336 e. The van der Waals surface area contributed by atoms with Crippen LogP contribution in [0, 0.1) is 29.6 Å². The minimum Gasteiger partial charge on any atom is -0.458 e. The molecule has 306 valence electrons. The van der Waals surface area contributed by atoms with E-state index in [0.717, 1.165) is 0 Å². The Balaban J connectivity index is 1.62. The molecule has 1 aromatic rings. The Hall–Kier alpha value is -3.20. The minimum absolute atomic E-state index is 0.0113. The number of ether oxygens (including phenoxy) is 7. The van der Waals surface area contributed by atoms with E-state index >= 15 is 0 Å². The molecule has 1 aromatic carbocycles. The molecule has 1 N–H and O–H groups in total. The molecule has 4 fully saturated rings. The molecule has 0 spiro atoms. The quantitative estimate of drug-likeness (QED) is 0.242. The number of hydrogen-bond acceptors (Lipinski definition) is 13. The van der Waals surface area contributed by atoms with E-state index in [4.69, 9.17) is 33.2 Å². The molecule has 0 radical (unpaired) electrons. The molecule has 0 aliphatic carbocycles. The number of cyclic esters (lactones) is 1. The van der Waals surface area contributed by atoms with Gasteiger partial charge in [-0.05, 0) is 78.8 Å². The van der Waals surface area contributed by atoms with Crippen LogP contribution in [-0.2, 0) is 47.6 Å². The molecule has 0 amide bonds. The number of para-hydroxylation sites is 1. The van der Waals surface area contributed by atoms with Gasteiger partial charge in [0.25, 0.3) is 0 Å². The lowest BCUT2D eigenvalue weighted by atomic mass is 9.70. The van der Waals surface area contributed by atoms with Crippen molar-refractivity contribution < 1.29 is 57.4 Å². The Morgan fingerprint density at radius 2 is 1.71 bits per heavy atom. The third-order valence-electron chi connectivity index (χ3n) is 12.3. The van der Waals surface area contributed by atoms with E-state index in [1.807, 2.05) is 59.7 Å². The third kappa shape index (κ3) is 9.34. The summed E-state index contributed by atoms with van der Waals surface area (Å²) in [4.78, 5) is 56.8. The van der Waals surface area contributed by atoms with Gasteiger partial charge >= 0.3 is 17.9 Å². The number of fused-ring (bicyclic) bond motifs is 4. The molecule has 0 unspecified atom stereocenters. The fourth-order valence-corrected chi connectivity index (χ4v) is 9.26. The molecule has 4 heterocycles. The molecule has 0 saturated carbocycles. The van der Waals surface area contributed by atoms with Gasteiger partial charge in [0.15, 0.2) is 6.29 Å². The topological polar surface area (TPSA) is 156 Å². The highest BCUT2D eigenvalue weighted by Gasteiger charge is 2.57. The van der Waals surface area contributed by atoms with Gasteiger partial charge in [-0.2, -0.15) is 0 Å². The largest absolute Gasteiger partial charge is 0.458 e. The van der Waals surface area contributed by atoms with Crippen LogP contribution in [0.15, 0.2) is 42.0 Å². The Labute approximate surface area is 325 Å². The van der Waals surface area contributed by atoms with Crippen molar-refractivity contribution in [3.63, 3.8) is 0 Å². The van der Waals surface area contributed by atoms with Gasteiger partial charge in [0.05, 0.1) is 49.5 Å². The summed E-state index contributed by atoms with van der Waals surface area (Å²) >= 11 is 0. The van der Waals surface area contributed by atoms with Gasteiger partial charge in [0.1, 0.15) is 29.3 Å². The normalized spacial score (nSPS) is 41.4. The number of Topliss-reactive ketones (excluding diaryl/α,β-unsaturated/α-hetero) is 1. The van der Waals surface area contributed by atoms with Gasteiger partial charge in [-0.3, -0.25) is 14.4 Å². The molecular weight excluding hydrogens is 710 g/mol. The van der Waals surface area contributed by atoms with Gasteiger partial charge in [0, 0.05) is 35.8 Å². The Morgan fingerprint density at radius 1 is 1.02 bits per heavy atom. The van der Waals surface area contributed by atoms with Crippen LogP contribution >= 0.6 is 0 Å². The second-order valence-corrected chi connectivity index (χ2v) is 16.8. The Bertz CT molecular complexity index is 1570. The number of nitrogens with zero attached hydrogens (tertiary/aromatic N) is 1. The SMILES string of the molecule is CC[C@H]1OC(=O)[C@H](C)[C@H]2OCC(=CC(=O)Oc3ccccc3)CO[C@](C)(C[C@@H](C)C(=O)[C@H](C)[C@@H]3CC(=O)O[C@]13C)[C@H](O[C@@H]1O[C@H](C)C[C@H](N(C)C)[C@H]1O)[C@H]2C. The van der Waals surface area contributed by atoms with Crippen molar-refractivity contribution in [2.24, 2.45) is 29.6 Å². The first kappa shape index (κ1) is 42.9. The van der Waals surface area contributed by atoms with Gasteiger partial charge in [0.2, 0.25) is 0 Å². The lowest BCUT2D eigenvalue weighted by molar-refractivity contribution is -0.302. The number of esters is 3. The summed E-state index contributed by atoms with van der Waals surface area (Å²) in [6.07, 6.45) is -2.58. The van der Waals surface area contributed by atoms with Crippen molar-refractivity contribution in [3.05, 3.63) is 42.0 Å².